The van der Waals surface area contributed by atoms with Crippen LogP contribution in [0.4, 0.5) is 5.69 Å². The molecule has 0 atom stereocenters. The van der Waals surface area contributed by atoms with E-state index in [-0.39, 0.29) is 12.3 Å². The van der Waals surface area contributed by atoms with Crippen LogP contribution in [0, 0.1) is 0 Å². The lowest BCUT2D eigenvalue weighted by atomic mass is 10.1. The summed E-state index contributed by atoms with van der Waals surface area (Å²) < 4.78 is 0. The molecule has 3 rings (SSSR count). The molecule has 0 spiro atoms. The number of carbonyl (C=O) groups excluding carboxylic acids is 1. The Hall–Kier alpha value is -2.03. The number of fused-ring (bicyclic) bond motifs is 1. The van der Waals surface area contributed by atoms with Gasteiger partial charge < -0.3 is 4.90 Å². The number of anilines is 1. The number of amides is 1. The van der Waals surface area contributed by atoms with Crippen LogP contribution in [-0.2, 0) is 11.2 Å². The third-order valence-corrected chi connectivity index (χ3v) is 4.59. The highest BCUT2D eigenvalue weighted by Gasteiger charge is 2.16. The Morgan fingerprint density at radius 1 is 0.913 bits per heavy atom. The van der Waals surface area contributed by atoms with Gasteiger partial charge >= 0.3 is 0 Å². The van der Waals surface area contributed by atoms with Gasteiger partial charge in [0.15, 0.2) is 0 Å². The minimum atomic E-state index is -0.0599. The van der Waals surface area contributed by atoms with E-state index in [4.69, 9.17) is 23.2 Å². The van der Waals surface area contributed by atoms with Crippen LogP contribution in [0.1, 0.15) is 5.56 Å². The number of halogens is 2. The smallest absolute Gasteiger partial charge is 0.231 e. The average molecular weight is 344 g/mol. The lowest BCUT2D eigenvalue weighted by Gasteiger charge is -2.19. The van der Waals surface area contributed by atoms with Crippen molar-refractivity contribution in [1.29, 1.82) is 0 Å². The second-order valence-corrected chi connectivity index (χ2v) is 6.18. The molecule has 0 aliphatic rings. The molecule has 1 amide bonds. The molecule has 3 aromatic rings. The molecule has 116 valence electrons. The van der Waals surface area contributed by atoms with E-state index in [1.54, 1.807) is 30.1 Å². The van der Waals surface area contributed by atoms with Crippen molar-refractivity contribution in [3.05, 3.63) is 76.3 Å². The van der Waals surface area contributed by atoms with E-state index in [0.29, 0.717) is 15.6 Å². The third-order valence-electron chi connectivity index (χ3n) is 3.88. The number of rotatable bonds is 3. The summed E-state index contributed by atoms with van der Waals surface area (Å²) >= 11 is 12.3. The van der Waals surface area contributed by atoms with Crippen molar-refractivity contribution in [1.82, 2.24) is 0 Å². The summed E-state index contributed by atoms with van der Waals surface area (Å²) in [6, 6.07) is 19.3. The van der Waals surface area contributed by atoms with E-state index in [1.807, 2.05) is 42.5 Å². The highest BCUT2D eigenvalue weighted by atomic mass is 35.5. The minimum absolute atomic E-state index is 0.0599. The van der Waals surface area contributed by atoms with Gasteiger partial charge in [0.05, 0.1) is 6.42 Å². The summed E-state index contributed by atoms with van der Waals surface area (Å²) in [6.45, 7) is 0. The molecule has 4 heteroatoms. The molecule has 0 saturated heterocycles. The number of likely N-dealkylation sites (N-methyl/N-ethyl adjacent to an activating group) is 1. The van der Waals surface area contributed by atoms with Crippen molar-refractivity contribution in [2.75, 3.05) is 11.9 Å². The SMILES string of the molecule is CN(C(=O)Cc1c(Cl)cccc1Cl)c1ccc2ccccc2c1. The normalized spacial score (nSPS) is 10.7. The summed E-state index contributed by atoms with van der Waals surface area (Å²) in [6.07, 6.45) is 0.168. The molecule has 23 heavy (non-hydrogen) atoms. The number of hydrogen-bond acceptors (Lipinski definition) is 1. The van der Waals surface area contributed by atoms with E-state index in [0.717, 1.165) is 16.5 Å². The first-order valence-electron chi connectivity index (χ1n) is 7.24. The maximum Gasteiger partial charge on any atom is 0.231 e. The summed E-state index contributed by atoms with van der Waals surface area (Å²) in [4.78, 5) is 14.2. The van der Waals surface area contributed by atoms with Crippen LogP contribution in [0.3, 0.4) is 0 Å². The fourth-order valence-corrected chi connectivity index (χ4v) is 3.03. The van der Waals surface area contributed by atoms with E-state index in [9.17, 15) is 4.79 Å². The van der Waals surface area contributed by atoms with E-state index in [2.05, 4.69) is 0 Å². The highest BCUT2D eigenvalue weighted by Crippen LogP contribution is 2.26. The van der Waals surface area contributed by atoms with Gasteiger partial charge in [0.1, 0.15) is 0 Å². The fraction of sp³-hybridized carbons (Fsp3) is 0.105. The Labute approximate surface area is 145 Å². The molecule has 0 N–H and O–H groups in total. The first-order chi connectivity index (χ1) is 11.1. The maximum atomic E-state index is 12.6. The largest absolute Gasteiger partial charge is 0.315 e. The molecule has 0 radical (unpaired) electrons. The van der Waals surface area contributed by atoms with Gasteiger partial charge in [0.2, 0.25) is 5.91 Å². The van der Waals surface area contributed by atoms with E-state index < -0.39 is 0 Å². The van der Waals surface area contributed by atoms with Crippen molar-refractivity contribution in [2.45, 2.75) is 6.42 Å². The second-order valence-electron chi connectivity index (χ2n) is 5.36. The molecule has 0 heterocycles. The van der Waals surface area contributed by atoms with Crippen molar-refractivity contribution >= 4 is 45.6 Å². The predicted octanol–water partition coefficient (Wildman–Crippen LogP) is 5.35. The zero-order valence-corrected chi connectivity index (χ0v) is 14.1. The molecule has 0 bridgehead atoms. The van der Waals surface area contributed by atoms with Crippen LogP contribution in [-0.4, -0.2) is 13.0 Å². The zero-order chi connectivity index (χ0) is 16.4. The standard InChI is InChI=1S/C19H15Cl2NO/c1-22(15-10-9-13-5-2-3-6-14(13)11-15)19(23)12-16-17(20)7-4-8-18(16)21/h2-11H,12H2,1H3. The number of benzene rings is 3. The van der Waals surface area contributed by atoms with Crippen LogP contribution < -0.4 is 4.90 Å². The first-order valence-corrected chi connectivity index (χ1v) is 8.00. The lowest BCUT2D eigenvalue weighted by Crippen LogP contribution is -2.28. The summed E-state index contributed by atoms with van der Waals surface area (Å²) in [5.74, 6) is -0.0599. The van der Waals surface area contributed by atoms with Crippen LogP contribution in [0.25, 0.3) is 10.8 Å². The van der Waals surface area contributed by atoms with Crippen molar-refractivity contribution in [2.24, 2.45) is 0 Å². The predicted molar refractivity (Wildman–Crippen MR) is 97.5 cm³/mol. The van der Waals surface area contributed by atoms with Crippen LogP contribution in [0.15, 0.2) is 60.7 Å². The topological polar surface area (TPSA) is 20.3 Å². The van der Waals surface area contributed by atoms with Gasteiger partial charge in [-0.3, -0.25) is 4.79 Å². The summed E-state index contributed by atoms with van der Waals surface area (Å²) in [7, 11) is 1.76. The molecule has 0 aliphatic carbocycles. The Balaban J connectivity index is 1.86. The maximum absolute atomic E-state index is 12.6. The van der Waals surface area contributed by atoms with Gasteiger partial charge in [-0.15, -0.1) is 0 Å². The fourth-order valence-electron chi connectivity index (χ4n) is 2.50. The van der Waals surface area contributed by atoms with E-state index in [1.165, 1.54) is 0 Å². The molecule has 0 saturated carbocycles. The second kappa shape index (κ2) is 6.61. The lowest BCUT2D eigenvalue weighted by molar-refractivity contribution is -0.117. The van der Waals surface area contributed by atoms with Gasteiger partial charge in [-0.1, -0.05) is 59.6 Å². The molecule has 0 unspecified atom stereocenters. The van der Waals surface area contributed by atoms with Crippen molar-refractivity contribution in [3.8, 4) is 0 Å². The summed E-state index contributed by atoms with van der Waals surface area (Å²) in [5, 5.41) is 3.27. The third kappa shape index (κ3) is 3.34. The number of nitrogens with zero attached hydrogens (tertiary/aromatic N) is 1. The van der Waals surface area contributed by atoms with Crippen LogP contribution >= 0.6 is 23.2 Å². The Morgan fingerprint density at radius 2 is 1.57 bits per heavy atom. The zero-order valence-electron chi connectivity index (χ0n) is 12.6. The Morgan fingerprint density at radius 3 is 2.26 bits per heavy atom. The van der Waals surface area contributed by atoms with Crippen LogP contribution in [0.5, 0.6) is 0 Å². The van der Waals surface area contributed by atoms with Crippen LogP contribution in [0.2, 0.25) is 10.0 Å². The first kappa shape index (κ1) is 15.9. The summed E-state index contributed by atoms with van der Waals surface area (Å²) in [5.41, 5.74) is 1.50. The molecular weight excluding hydrogens is 329 g/mol. The minimum Gasteiger partial charge on any atom is -0.315 e. The monoisotopic (exact) mass is 343 g/mol. The Bertz CT molecular complexity index is 856. The molecule has 0 aromatic heterocycles. The van der Waals surface area contributed by atoms with E-state index >= 15 is 0 Å². The average Bonchev–Trinajstić information content (AvgIpc) is 2.57. The van der Waals surface area contributed by atoms with Gasteiger partial charge in [-0.25, -0.2) is 0 Å². The van der Waals surface area contributed by atoms with Crippen molar-refractivity contribution in [3.63, 3.8) is 0 Å². The molecule has 3 aromatic carbocycles. The quantitative estimate of drug-likeness (QED) is 0.627. The van der Waals surface area contributed by atoms with Gasteiger partial charge in [0, 0.05) is 22.8 Å². The molecule has 0 aliphatic heterocycles. The number of carbonyl (C=O) groups is 1. The molecule has 0 fully saturated rings. The Kier molecular flexibility index (Phi) is 4.56. The highest BCUT2D eigenvalue weighted by molar-refractivity contribution is 6.36. The van der Waals surface area contributed by atoms with Gasteiger partial charge in [-0.2, -0.15) is 0 Å². The molecule has 2 nitrogen and oxygen atoms in total. The van der Waals surface area contributed by atoms with Crippen molar-refractivity contribution < 1.29 is 4.79 Å². The van der Waals surface area contributed by atoms with Gasteiger partial charge in [0.25, 0.3) is 0 Å². The molecular formula is C19H15Cl2NO. The van der Waals surface area contributed by atoms with Gasteiger partial charge in [-0.05, 0) is 40.6 Å². The number of hydrogen-bond donors (Lipinski definition) is 0.